The predicted octanol–water partition coefficient (Wildman–Crippen LogP) is 2.09. The van der Waals surface area contributed by atoms with Crippen LogP contribution in [0.5, 0.6) is 0 Å². The summed E-state index contributed by atoms with van der Waals surface area (Å²) in [5.41, 5.74) is -1.37. The second-order valence-corrected chi connectivity index (χ2v) is 3.44. The van der Waals surface area contributed by atoms with Gasteiger partial charge in [0.1, 0.15) is 11.6 Å². The topological polar surface area (TPSA) is 73.1 Å². The van der Waals surface area contributed by atoms with E-state index in [9.17, 15) is 18.0 Å². The normalized spacial score (nSPS) is 11.8. The first-order valence-corrected chi connectivity index (χ1v) is 5.08. The Kier molecular flexibility index (Phi) is 4.67. The summed E-state index contributed by atoms with van der Waals surface area (Å²) in [4.78, 5) is 11.5. The molecule has 0 spiro atoms. The van der Waals surface area contributed by atoms with Gasteiger partial charge in [-0.25, -0.2) is 0 Å². The Hall–Kier alpha value is -2.33. The average Bonchev–Trinajstić information content (AvgIpc) is 2.35. The van der Waals surface area contributed by atoms with Gasteiger partial charge in [0.15, 0.2) is 0 Å². The standard InChI is InChI=1S/C12H9F3N2O2/c13-12(14,15)9-2-1-3-10(6-9)17-11(19)8(7-16)4-5-18/h1-4,6,18H,5H2,(H,17,19). The SMILES string of the molecule is N#CC(=CCO)C(=O)Nc1cccc(C(F)(F)F)c1. The minimum atomic E-state index is -4.51. The van der Waals surface area contributed by atoms with E-state index in [0.717, 1.165) is 24.3 Å². The molecule has 0 saturated heterocycles. The summed E-state index contributed by atoms with van der Waals surface area (Å²) in [5, 5.41) is 19.3. The maximum atomic E-state index is 12.4. The molecular weight excluding hydrogens is 261 g/mol. The monoisotopic (exact) mass is 270 g/mol. The number of anilines is 1. The summed E-state index contributed by atoms with van der Waals surface area (Å²) >= 11 is 0. The van der Waals surface area contributed by atoms with Crippen molar-refractivity contribution in [3.8, 4) is 6.07 Å². The van der Waals surface area contributed by atoms with Crippen LogP contribution in [-0.2, 0) is 11.0 Å². The third-order valence-electron chi connectivity index (χ3n) is 2.11. The van der Waals surface area contributed by atoms with Crippen LogP contribution in [0.1, 0.15) is 5.56 Å². The zero-order chi connectivity index (χ0) is 14.5. The lowest BCUT2D eigenvalue weighted by atomic mass is 10.2. The van der Waals surface area contributed by atoms with Crippen molar-refractivity contribution >= 4 is 11.6 Å². The largest absolute Gasteiger partial charge is 0.416 e. The number of hydrogen-bond donors (Lipinski definition) is 2. The zero-order valence-electron chi connectivity index (χ0n) is 9.53. The fourth-order valence-electron chi connectivity index (χ4n) is 1.25. The fourth-order valence-corrected chi connectivity index (χ4v) is 1.25. The molecule has 0 radical (unpaired) electrons. The predicted molar refractivity (Wildman–Crippen MR) is 60.9 cm³/mol. The number of nitrogens with zero attached hydrogens (tertiary/aromatic N) is 1. The summed E-state index contributed by atoms with van der Waals surface area (Å²) < 4.78 is 37.3. The van der Waals surface area contributed by atoms with Crippen molar-refractivity contribution in [2.45, 2.75) is 6.18 Å². The Balaban J connectivity index is 2.93. The van der Waals surface area contributed by atoms with Gasteiger partial charge in [-0.15, -0.1) is 0 Å². The van der Waals surface area contributed by atoms with E-state index >= 15 is 0 Å². The number of rotatable bonds is 3. The van der Waals surface area contributed by atoms with Gasteiger partial charge in [0, 0.05) is 5.69 Å². The van der Waals surface area contributed by atoms with Gasteiger partial charge in [0.05, 0.1) is 12.2 Å². The number of carbonyl (C=O) groups is 1. The maximum Gasteiger partial charge on any atom is 0.416 e. The summed E-state index contributed by atoms with van der Waals surface area (Å²) in [6, 6.07) is 5.56. The van der Waals surface area contributed by atoms with Gasteiger partial charge in [-0.3, -0.25) is 4.79 Å². The lowest BCUT2D eigenvalue weighted by Crippen LogP contribution is -2.15. The number of nitrogens with one attached hydrogen (secondary N) is 1. The van der Waals surface area contributed by atoms with Crippen molar-refractivity contribution in [1.82, 2.24) is 0 Å². The zero-order valence-corrected chi connectivity index (χ0v) is 9.53. The van der Waals surface area contributed by atoms with Crippen molar-refractivity contribution in [3.63, 3.8) is 0 Å². The number of carbonyl (C=O) groups excluding carboxylic acids is 1. The molecule has 0 fully saturated rings. The highest BCUT2D eigenvalue weighted by Gasteiger charge is 2.30. The Bertz CT molecular complexity index is 545. The third kappa shape index (κ3) is 4.12. The molecule has 19 heavy (non-hydrogen) atoms. The molecule has 0 aliphatic rings. The smallest absolute Gasteiger partial charge is 0.392 e. The van der Waals surface area contributed by atoms with Crippen LogP contribution >= 0.6 is 0 Å². The number of benzene rings is 1. The molecule has 4 nitrogen and oxygen atoms in total. The molecule has 0 aromatic heterocycles. The van der Waals surface area contributed by atoms with E-state index in [1.807, 2.05) is 0 Å². The highest BCUT2D eigenvalue weighted by molar-refractivity contribution is 6.06. The van der Waals surface area contributed by atoms with Crippen LogP contribution in [0.15, 0.2) is 35.9 Å². The van der Waals surface area contributed by atoms with Gasteiger partial charge in [-0.2, -0.15) is 18.4 Å². The number of aliphatic hydroxyl groups excluding tert-OH is 1. The molecule has 0 bridgehead atoms. The fraction of sp³-hybridized carbons (Fsp3) is 0.167. The van der Waals surface area contributed by atoms with Crippen LogP contribution in [0.2, 0.25) is 0 Å². The highest BCUT2D eigenvalue weighted by Crippen LogP contribution is 2.30. The molecule has 0 atom stereocenters. The van der Waals surface area contributed by atoms with Crippen LogP contribution < -0.4 is 5.32 Å². The summed E-state index contributed by atoms with van der Waals surface area (Å²) in [6.07, 6.45) is -3.55. The van der Waals surface area contributed by atoms with Gasteiger partial charge < -0.3 is 10.4 Å². The van der Waals surface area contributed by atoms with Crippen molar-refractivity contribution in [1.29, 1.82) is 5.26 Å². The molecule has 0 aliphatic carbocycles. The second-order valence-electron chi connectivity index (χ2n) is 3.44. The van der Waals surface area contributed by atoms with Crippen LogP contribution in [0.25, 0.3) is 0 Å². The Morgan fingerprint density at radius 3 is 2.68 bits per heavy atom. The number of hydrogen-bond acceptors (Lipinski definition) is 3. The molecule has 1 aromatic rings. The van der Waals surface area contributed by atoms with Gasteiger partial charge in [-0.1, -0.05) is 6.07 Å². The molecule has 1 rings (SSSR count). The first-order valence-electron chi connectivity index (χ1n) is 5.08. The van der Waals surface area contributed by atoms with Gasteiger partial charge in [0.25, 0.3) is 5.91 Å². The Morgan fingerprint density at radius 2 is 2.16 bits per heavy atom. The molecule has 0 aliphatic heterocycles. The van der Waals surface area contributed by atoms with E-state index in [1.54, 1.807) is 0 Å². The van der Waals surface area contributed by atoms with E-state index in [2.05, 4.69) is 5.32 Å². The highest BCUT2D eigenvalue weighted by atomic mass is 19.4. The molecular formula is C12H9F3N2O2. The first-order chi connectivity index (χ1) is 8.88. The lowest BCUT2D eigenvalue weighted by Gasteiger charge is -2.09. The summed E-state index contributed by atoms with van der Waals surface area (Å²) in [6.45, 7) is -0.515. The van der Waals surface area contributed by atoms with Crippen molar-refractivity contribution in [2.24, 2.45) is 0 Å². The van der Waals surface area contributed by atoms with E-state index in [1.165, 1.54) is 12.1 Å². The number of alkyl halides is 3. The molecule has 7 heteroatoms. The van der Waals surface area contributed by atoms with Gasteiger partial charge in [0.2, 0.25) is 0 Å². The number of halogens is 3. The van der Waals surface area contributed by atoms with E-state index < -0.39 is 24.3 Å². The minimum absolute atomic E-state index is 0.0843. The Morgan fingerprint density at radius 1 is 1.47 bits per heavy atom. The quantitative estimate of drug-likeness (QED) is 0.652. The number of amides is 1. The van der Waals surface area contributed by atoms with E-state index in [-0.39, 0.29) is 11.3 Å². The third-order valence-corrected chi connectivity index (χ3v) is 2.11. The van der Waals surface area contributed by atoms with Crippen molar-refractivity contribution in [2.75, 3.05) is 11.9 Å². The number of aliphatic hydroxyl groups is 1. The van der Waals surface area contributed by atoms with Crippen LogP contribution in [-0.4, -0.2) is 17.6 Å². The molecule has 0 saturated carbocycles. The summed E-state index contributed by atoms with van der Waals surface area (Å²) in [5.74, 6) is -0.879. The molecule has 0 heterocycles. The van der Waals surface area contributed by atoms with E-state index in [4.69, 9.17) is 10.4 Å². The van der Waals surface area contributed by atoms with Crippen LogP contribution in [0.4, 0.5) is 18.9 Å². The van der Waals surface area contributed by atoms with Crippen LogP contribution in [0.3, 0.4) is 0 Å². The van der Waals surface area contributed by atoms with Crippen molar-refractivity contribution < 1.29 is 23.1 Å². The van der Waals surface area contributed by atoms with Gasteiger partial charge in [-0.05, 0) is 24.3 Å². The molecule has 1 amide bonds. The minimum Gasteiger partial charge on any atom is -0.392 e. The van der Waals surface area contributed by atoms with Crippen molar-refractivity contribution in [3.05, 3.63) is 41.5 Å². The summed E-state index contributed by atoms with van der Waals surface area (Å²) in [7, 11) is 0. The maximum absolute atomic E-state index is 12.4. The number of nitriles is 1. The van der Waals surface area contributed by atoms with Gasteiger partial charge >= 0.3 is 6.18 Å². The molecule has 1 aromatic carbocycles. The average molecular weight is 270 g/mol. The Labute approximate surface area is 106 Å². The molecule has 100 valence electrons. The lowest BCUT2D eigenvalue weighted by molar-refractivity contribution is -0.137. The molecule has 2 N–H and O–H groups in total. The molecule has 0 unspecified atom stereocenters. The first kappa shape index (κ1) is 14.7. The van der Waals surface area contributed by atoms with E-state index in [0.29, 0.717) is 0 Å². The second kappa shape index (κ2) is 6.02. The van der Waals surface area contributed by atoms with Crippen LogP contribution in [0, 0.1) is 11.3 Å².